The monoisotopic (exact) mass is 257 g/mol. The number of anilines is 1. The molecule has 1 atom stereocenters. The quantitative estimate of drug-likeness (QED) is 0.749. The maximum atomic E-state index is 11.6. The number of amides is 2. The van der Waals surface area contributed by atoms with Crippen LogP contribution in [0, 0.1) is 5.92 Å². The summed E-state index contributed by atoms with van der Waals surface area (Å²) in [4.78, 5) is 26.1. The molecule has 6 nitrogen and oxygen atoms in total. The molecule has 0 spiro atoms. The van der Waals surface area contributed by atoms with Crippen LogP contribution in [0.1, 0.15) is 20.3 Å². The zero-order valence-corrected chi connectivity index (χ0v) is 10.5. The van der Waals surface area contributed by atoms with Crippen LogP contribution in [0.25, 0.3) is 0 Å². The van der Waals surface area contributed by atoms with E-state index in [1.807, 2.05) is 13.8 Å². The molecule has 0 aliphatic heterocycles. The van der Waals surface area contributed by atoms with Gasteiger partial charge >= 0.3 is 12.0 Å². The minimum Gasteiger partial charge on any atom is -0.481 e. The van der Waals surface area contributed by atoms with Crippen molar-refractivity contribution in [2.75, 3.05) is 5.32 Å². The summed E-state index contributed by atoms with van der Waals surface area (Å²) in [6.07, 6.45) is 1.49. The van der Waals surface area contributed by atoms with E-state index in [0.29, 0.717) is 5.13 Å². The highest BCUT2D eigenvalue weighted by atomic mass is 32.1. The van der Waals surface area contributed by atoms with Crippen LogP contribution >= 0.6 is 11.3 Å². The molecule has 3 N–H and O–H groups in total. The fourth-order valence-electron chi connectivity index (χ4n) is 1.23. The van der Waals surface area contributed by atoms with Gasteiger partial charge in [0.15, 0.2) is 5.13 Å². The number of carbonyl (C=O) groups excluding carboxylic acids is 1. The van der Waals surface area contributed by atoms with Crippen molar-refractivity contribution < 1.29 is 14.7 Å². The average Bonchev–Trinajstić information content (AvgIpc) is 2.68. The first-order chi connectivity index (χ1) is 7.99. The molecule has 17 heavy (non-hydrogen) atoms. The second-order valence-electron chi connectivity index (χ2n) is 3.88. The smallest absolute Gasteiger partial charge is 0.321 e. The van der Waals surface area contributed by atoms with E-state index in [1.54, 1.807) is 11.6 Å². The molecule has 94 valence electrons. The second-order valence-corrected chi connectivity index (χ2v) is 4.78. The molecule has 0 aromatic carbocycles. The zero-order chi connectivity index (χ0) is 12.8. The molecular weight excluding hydrogens is 242 g/mol. The minimum absolute atomic E-state index is 0.0492. The van der Waals surface area contributed by atoms with Crippen molar-refractivity contribution in [2.45, 2.75) is 26.3 Å². The van der Waals surface area contributed by atoms with E-state index in [0.717, 1.165) is 0 Å². The molecule has 1 aromatic heterocycles. The number of nitrogens with one attached hydrogen (secondary N) is 2. The number of carbonyl (C=O) groups is 2. The maximum Gasteiger partial charge on any atom is 0.321 e. The summed E-state index contributed by atoms with van der Waals surface area (Å²) in [6.45, 7) is 3.72. The topological polar surface area (TPSA) is 91.3 Å². The minimum atomic E-state index is -0.932. The Hall–Kier alpha value is -1.63. The summed E-state index contributed by atoms with van der Waals surface area (Å²) >= 11 is 1.30. The van der Waals surface area contributed by atoms with Crippen molar-refractivity contribution in [1.82, 2.24) is 10.3 Å². The first-order valence-corrected chi connectivity index (χ1v) is 6.05. The van der Waals surface area contributed by atoms with Crippen LogP contribution in [0.3, 0.4) is 0 Å². The average molecular weight is 257 g/mol. The third kappa shape index (κ3) is 4.81. The summed E-state index contributed by atoms with van der Waals surface area (Å²) in [7, 11) is 0. The Bertz CT molecular complexity index is 378. The van der Waals surface area contributed by atoms with Gasteiger partial charge in [-0.05, 0) is 5.92 Å². The summed E-state index contributed by atoms with van der Waals surface area (Å²) in [5, 5.41) is 16.1. The van der Waals surface area contributed by atoms with Gasteiger partial charge in [0, 0.05) is 17.6 Å². The molecule has 0 fully saturated rings. The van der Waals surface area contributed by atoms with Gasteiger partial charge in [0.05, 0.1) is 6.42 Å². The maximum absolute atomic E-state index is 11.6. The van der Waals surface area contributed by atoms with E-state index in [2.05, 4.69) is 15.6 Å². The number of carboxylic acid groups (broad SMARTS) is 1. The van der Waals surface area contributed by atoms with E-state index in [4.69, 9.17) is 5.11 Å². The van der Waals surface area contributed by atoms with E-state index in [9.17, 15) is 9.59 Å². The zero-order valence-electron chi connectivity index (χ0n) is 9.64. The third-order valence-electron chi connectivity index (χ3n) is 2.17. The number of rotatable bonds is 5. The van der Waals surface area contributed by atoms with Gasteiger partial charge in [-0.2, -0.15) is 0 Å². The highest BCUT2D eigenvalue weighted by Gasteiger charge is 2.19. The highest BCUT2D eigenvalue weighted by Crippen LogP contribution is 2.11. The molecule has 1 unspecified atom stereocenters. The van der Waals surface area contributed by atoms with Gasteiger partial charge in [-0.1, -0.05) is 13.8 Å². The molecule has 0 saturated heterocycles. The van der Waals surface area contributed by atoms with Crippen LogP contribution in [0.15, 0.2) is 11.6 Å². The van der Waals surface area contributed by atoms with Crippen LogP contribution in [0.5, 0.6) is 0 Å². The SMILES string of the molecule is CC(C)C(CC(=O)O)NC(=O)Nc1nccs1. The first-order valence-electron chi connectivity index (χ1n) is 5.18. The van der Waals surface area contributed by atoms with Gasteiger partial charge in [-0.15, -0.1) is 11.3 Å². The number of hydrogen-bond acceptors (Lipinski definition) is 4. The van der Waals surface area contributed by atoms with Crippen molar-refractivity contribution in [3.8, 4) is 0 Å². The lowest BCUT2D eigenvalue weighted by atomic mass is 10.0. The second kappa shape index (κ2) is 6.19. The summed E-state index contributed by atoms with van der Waals surface area (Å²) in [6, 6.07) is -0.827. The number of thiazole rings is 1. The number of nitrogens with zero attached hydrogens (tertiary/aromatic N) is 1. The standard InChI is InChI=1S/C10H15N3O3S/c1-6(2)7(5-8(14)15)12-9(16)13-10-11-3-4-17-10/h3-4,6-7H,5H2,1-2H3,(H,14,15)(H2,11,12,13,16). The van der Waals surface area contributed by atoms with Crippen LogP contribution in [-0.2, 0) is 4.79 Å². The lowest BCUT2D eigenvalue weighted by Crippen LogP contribution is -2.42. The molecule has 0 saturated carbocycles. The van der Waals surface area contributed by atoms with E-state index in [1.165, 1.54) is 11.3 Å². The van der Waals surface area contributed by atoms with Crippen LogP contribution in [-0.4, -0.2) is 28.1 Å². The lowest BCUT2D eigenvalue weighted by molar-refractivity contribution is -0.137. The summed E-state index contributed by atoms with van der Waals surface area (Å²) in [5.41, 5.74) is 0. The molecular formula is C10H15N3O3S. The Kier molecular flexibility index (Phi) is 4.89. The third-order valence-corrected chi connectivity index (χ3v) is 2.86. The first kappa shape index (κ1) is 13.4. The molecule has 0 radical (unpaired) electrons. The van der Waals surface area contributed by atoms with Crippen LogP contribution in [0.4, 0.5) is 9.93 Å². The molecule has 1 aromatic rings. The van der Waals surface area contributed by atoms with Gasteiger partial charge in [0.2, 0.25) is 0 Å². The number of urea groups is 1. The molecule has 2 amide bonds. The van der Waals surface area contributed by atoms with Crippen molar-refractivity contribution in [3.63, 3.8) is 0 Å². The number of aromatic nitrogens is 1. The van der Waals surface area contributed by atoms with Crippen molar-refractivity contribution >= 4 is 28.5 Å². The van der Waals surface area contributed by atoms with Gasteiger partial charge in [0.1, 0.15) is 0 Å². The molecule has 0 aliphatic rings. The predicted octanol–water partition coefficient (Wildman–Crippen LogP) is 1.76. The van der Waals surface area contributed by atoms with Crippen LogP contribution < -0.4 is 10.6 Å². The van der Waals surface area contributed by atoms with Crippen molar-refractivity contribution in [2.24, 2.45) is 5.92 Å². The molecule has 7 heteroatoms. The Morgan fingerprint density at radius 2 is 2.24 bits per heavy atom. The van der Waals surface area contributed by atoms with Gasteiger partial charge in [-0.25, -0.2) is 9.78 Å². The van der Waals surface area contributed by atoms with Crippen molar-refractivity contribution in [3.05, 3.63) is 11.6 Å². The van der Waals surface area contributed by atoms with Gasteiger partial charge in [-0.3, -0.25) is 10.1 Å². The van der Waals surface area contributed by atoms with Crippen LogP contribution in [0.2, 0.25) is 0 Å². The Balaban J connectivity index is 2.49. The van der Waals surface area contributed by atoms with E-state index in [-0.39, 0.29) is 12.3 Å². The molecule has 0 aliphatic carbocycles. The fourth-order valence-corrected chi connectivity index (χ4v) is 1.75. The molecule has 0 bridgehead atoms. The Morgan fingerprint density at radius 3 is 2.71 bits per heavy atom. The summed E-state index contributed by atoms with van der Waals surface area (Å²) in [5.74, 6) is -0.883. The predicted molar refractivity (Wildman–Crippen MR) is 65.1 cm³/mol. The number of carboxylic acids is 1. The lowest BCUT2D eigenvalue weighted by Gasteiger charge is -2.20. The fraction of sp³-hybridized carbons (Fsp3) is 0.500. The van der Waals surface area contributed by atoms with E-state index >= 15 is 0 Å². The van der Waals surface area contributed by atoms with Gasteiger partial charge < -0.3 is 10.4 Å². The summed E-state index contributed by atoms with van der Waals surface area (Å²) < 4.78 is 0. The highest BCUT2D eigenvalue weighted by molar-refractivity contribution is 7.13. The van der Waals surface area contributed by atoms with E-state index < -0.39 is 18.0 Å². The van der Waals surface area contributed by atoms with Gasteiger partial charge in [0.25, 0.3) is 0 Å². The largest absolute Gasteiger partial charge is 0.481 e. The number of aliphatic carboxylic acids is 1. The Labute approximate surface area is 103 Å². The van der Waals surface area contributed by atoms with Crippen molar-refractivity contribution in [1.29, 1.82) is 0 Å². The molecule has 1 rings (SSSR count). The Morgan fingerprint density at radius 1 is 1.53 bits per heavy atom. The normalized spacial score (nSPS) is 12.2. The molecule has 1 heterocycles. The number of hydrogen-bond donors (Lipinski definition) is 3.